The Morgan fingerprint density at radius 3 is 2.56 bits per heavy atom. The first-order valence-corrected chi connectivity index (χ1v) is 9.74. The van der Waals surface area contributed by atoms with Crippen LogP contribution in [-0.2, 0) is 9.53 Å². The van der Waals surface area contributed by atoms with E-state index < -0.39 is 4.75 Å². The molecule has 0 spiro atoms. The number of esters is 1. The van der Waals surface area contributed by atoms with Crippen molar-refractivity contribution in [1.29, 1.82) is 0 Å². The van der Waals surface area contributed by atoms with Gasteiger partial charge in [0.25, 0.3) is 0 Å². The van der Waals surface area contributed by atoms with Gasteiger partial charge in [-0.15, -0.1) is 10.2 Å². The molecule has 0 atom stereocenters. The van der Waals surface area contributed by atoms with E-state index in [1.807, 2.05) is 10.6 Å². The Balaban J connectivity index is 1.84. The minimum atomic E-state index is -0.810. The molecule has 5 nitrogen and oxygen atoms in total. The summed E-state index contributed by atoms with van der Waals surface area (Å²) in [6.45, 7) is 3.60. The van der Waals surface area contributed by atoms with Gasteiger partial charge in [0.15, 0.2) is 13.0 Å². The number of aromatic nitrogens is 3. The van der Waals surface area contributed by atoms with Crippen molar-refractivity contribution in [3.63, 3.8) is 0 Å². The second kappa shape index (κ2) is 6.71. The van der Waals surface area contributed by atoms with Gasteiger partial charge in [-0.05, 0) is 49.6 Å². The van der Waals surface area contributed by atoms with E-state index >= 15 is 0 Å². The topological polar surface area (TPSA) is 57.0 Å². The van der Waals surface area contributed by atoms with Crippen LogP contribution in [0.15, 0.2) is 41.6 Å². The molecule has 136 valence electrons. The largest absolute Gasteiger partial charge is 0.468 e. The predicted octanol–water partition coefficient (Wildman–Crippen LogP) is 3.14. The average molecular weight is 377 g/mol. The molecule has 27 heavy (non-hydrogen) atoms. The molecule has 0 aliphatic heterocycles. The van der Waals surface area contributed by atoms with Crippen molar-refractivity contribution in [3.8, 4) is 5.69 Å². The molecule has 0 N–H and O–H groups in total. The Hall–Kier alpha value is -2.28. The fourth-order valence-corrected chi connectivity index (χ4v) is 4.33. The minimum Gasteiger partial charge on any atom is -0.468 e. The smallest absolute Gasteiger partial charge is 0.321 e. The lowest BCUT2D eigenvalue weighted by molar-refractivity contribution is -0.142. The molecule has 0 amide bonds. The quantitative estimate of drug-likeness (QED) is 0.389. The van der Waals surface area contributed by atoms with Gasteiger partial charge in [0, 0.05) is 5.39 Å². The normalized spacial score (nSPS) is 14.5. The lowest BCUT2D eigenvalue weighted by Gasteiger charge is -2.21. The van der Waals surface area contributed by atoms with Crippen LogP contribution in [-0.4, -0.2) is 40.4 Å². The van der Waals surface area contributed by atoms with E-state index in [0.717, 1.165) is 11.1 Å². The summed E-state index contributed by atoms with van der Waals surface area (Å²) in [5, 5.41) is 11.2. The van der Waals surface area contributed by atoms with Crippen LogP contribution >= 0.6 is 11.8 Å². The number of fused-ring (bicyclic) bond motifs is 1. The number of hydrogen-bond donors (Lipinski definition) is 0. The fourth-order valence-electron chi connectivity index (χ4n) is 3.34. The predicted molar refractivity (Wildman–Crippen MR) is 108 cm³/mol. The van der Waals surface area contributed by atoms with Crippen LogP contribution in [0.3, 0.4) is 0 Å². The SMILES string of the molecule is [B]c1nnc(SC(C)(C)C(=O)OC)n1-c1ccc(C2CC2)c2ccccc12. The van der Waals surface area contributed by atoms with E-state index in [2.05, 4.69) is 40.5 Å². The molecule has 1 aromatic heterocycles. The Bertz CT molecular complexity index is 1030. The first-order valence-electron chi connectivity index (χ1n) is 8.92. The Morgan fingerprint density at radius 2 is 1.89 bits per heavy atom. The van der Waals surface area contributed by atoms with Crippen molar-refractivity contribution in [2.75, 3.05) is 7.11 Å². The number of ether oxygens (including phenoxy) is 1. The molecule has 0 unspecified atom stereocenters. The van der Waals surface area contributed by atoms with E-state index in [4.69, 9.17) is 12.6 Å². The third-order valence-corrected chi connectivity index (χ3v) is 6.00. The number of thioether (sulfide) groups is 1. The maximum Gasteiger partial charge on any atom is 0.321 e. The fraction of sp³-hybridized carbons (Fsp3) is 0.350. The molecule has 7 heteroatoms. The van der Waals surface area contributed by atoms with Gasteiger partial charge < -0.3 is 4.74 Å². The molecule has 1 aliphatic rings. The molecular weight excluding hydrogens is 357 g/mol. The Labute approximate surface area is 163 Å². The lowest BCUT2D eigenvalue weighted by Crippen LogP contribution is -2.30. The molecule has 2 aromatic carbocycles. The van der Waals surface area contributed by atoms with Crippen molar-refractivity contribution < 1.29 is 9.53 Å². The van der Waals surface area contributed by atoms with Gasteiger partial charge in [-0.3, -0.25) is 9.36 Å². The molecule has 1 aliphatic carbocycles. The lowest BCUT2D eigenvalue weighted by atomic mass is 9.99. The monoisotopic (exact) mass is 377 g/mol. The first kappa shape index (κ1) is 18.1. The summed E-state index contributed by atoms with van der Waals surface area (Å²) in [5.41, 5.74) is 2.59. The van der Waals surface area contributed by atoms with E-state index in [1.54, 1.807) is 13.8 Å². The third kappa shape index (κ3) is 3.25. The highest BCUT2D eigenvalue weighted by Crippen LogP contribution is 2.44. The molecule has 1 saturated carbocycles. The van der Waals surface area contributed by atoms with E-state index in [-0.39, 0.29) is 5.97 Å². The summed E-state index contributed by atoms with van der Waals surface area (Å²) in [6.07, 6.45) is 2.49. The average Bonchev–Trinajstić information content (AvgIpc) is 3.44. The van der Waals surface area contributed by atoms with E-state index in [0.29, 0.717) is 16.8 Å². The molecule has 2 radical (unpaired) electrons. The van der Waals surface area contributed by atoms with Crippen LogP contribution in [0.25, 0.3) is 16.5 Å². The number of carbonyl (C=O) groups is 1. The second-order valence-corrected chi connectivity index (χ2v) is 8.86. The molecular formula is C20H20BN3O2S. The molecule has 3 aromatic rings. The van der Waals surface area contributed by atoms with Crippen LogP contribution in [0.5, 0.6) is 0 Å². The summed E-state index contributed by atoms with van der Waals surface area (Å²) >= 11 is 1.29. The summed E-state index contributed by atoms with van der Waals surface area (Å²) in [5.74, 6) is 0.323. The Kier molecular flexibility index (Phi) is 4.50. The number of methoxy groups -OCH3 is 1. The van der Waals surface area contributed by atoms with Crippen molar-refractivity contribution >= 4 is 42.1 Å². The summed E-state index contributed by atoms with van der Waals surface area (Å²) in [6, 6.07) is 12.6. The van der Waals surface area contributed by atoms with Gasteiger partial charge in [0.05, 0.1) is 18.5 Å². The van der Waals surface area contributed by atoms with Crippen molar-refractivity contribution in [2.45, 2.75) is 42.5 Å². The van der Waals surface area contributed by atoms with E-state index in [9.17, 15) is 4.79 Å². The van der Waals surface area contributed by atoms with Crippen molar-refractivity contribution in [2.24, 2.45) is 0 Å². The maximum atomic E-state index is 12.1. The second-order valence-electron chi connectivity index (χ2n) is 7.27. The van der Waals surface area contributed by atoms with Gasteiger partial charge in [0.2, 0.25) is 0 Å². The van der Waals surface area contributed by atoms with Crippen LogP contribution in [0.4, 0.5) is 0 Å². The number of carbonyl (C=O) groups excluding carboxylic acids is 1. The zero-order valence-electron chi connectivity index (χ0n) is 15.6. The Morgan fingerprint density at radius 1 is 1.19 bits per heavy atom. The first-order chi connectivity index (χ1) is 12.9. The van der Waals surface area contributed by atoms with Gasteiger partial charge in [-0.2, -0.15) is 0 Å². The van der Waals surface area contributed by atoms with Gasteiger partial charge in [-0.1, -0.05) is 42.1 Å². The van der Waals surface area contributed by atoms with Crippen LogP contribution in [0, 0.1) is 0 Å². The molecule has 0 bridgehead atoms. The van der Waals surface area contributed by atoms with Crippen LogP contribution in [0.2, 0.25) is 0 Å². The van der Waals surface area contributed by atoms with Gasteiger partial charge in [0.1, 0.15) is 4.75 Å². The standard InChI is InChI=1S/C20H20BN3O2S/c1-20(2,17(25)26-3)27-19-23-22-18(21)24(19)16-11-10-13(12-8-9-12)14-6-4-5-7-15(14)16/h4-7,10-12H,8-9H2,1-3H3. The number of rotatable bonds is 5. The number of hydrogen-bond acceptors (Lipinski definition) is 5. The van der Waals surface area contributed by atoms with Gasteiger partial charge in [-0.25, -0.2) is 0 Å². The zero-order valence-corrected chi connectivity index (χ0v) is 16.4. The molecule has 1 heterocycles. The summed E-state index contributed by atoms with van der Waals surface area (Å²) in [4.78, 5) is 12.1. The number of nitrogens with zero attached hydrogens (tertiary/aromatic N) is 3. The highest BCUT2D eigenvalue weighted by atomic mass is 32.2. The zero-order chi connectivity index (χ0) is 19.2. The molecule has 1 fully saturated rings. The van der Waals surface area contributed by atoms with Gasteiger partial charge >= 0.3 is 5.97 Å². The molecule has 4 rings (SSSR count). The summed E-state index contributed by atoms with van der Waals surface area (Å²) < 4.78 is 5.91. The van der Waals surface area contributed by atoms with E-state index in [1.165, 1.54) is 42.7 Å². The summed E-state index contributed by atoms with van der Waals surface area (Å²) in [7, 11) is 7.54. The third-order valence-electron chi connectivity index (χ3n) is 4.87. The number of benzene rings is 2. The maximum absolute atomic E-state index is 12.1. The van der Waals surface area contributed by atoms with Crippen molar-refractivity contribution in [1.82, 2.24) is 14.8 Å². The van der Waals surface area contributed by atoms with Crippen LogP contribution < -0.4 is 5.72 Å². The van der Waals surface area contributed by atoms with Crippen molar-refractivity contribution in [3.05, 3.63) is 42.0 Å². The highest BCUT2D eigenvalue weighted by Gasteiger charge is 2.33. The highest BCUT2D eigenvalue weighted by molar-refractivity contribution is 8.01. The van der Waals surface area contributed by atoms with Crippen LogP contribution in [0.1, 0.15) is 38.2 Å². The molecule has 0 saturated heterocycles. The minimum absolute atomic E-state index is 0.294.